The molecule has 1 aromatic heterocycles. The molecule has 0 radical (unpaired) electrons. The van der Waals surface area contributed by atoms with E-state index in [9.17, 15) is 5.11 Å². The summed E-state index contributed by atoms with van der Waals surface area (Å²) in [5, 5.41) is 13.8. The topological polar surface area (TPSA) is 33.4 Å². The quantitative estimate of drug-likeness (QED) is 0.576. The SMILES string of the molecule is O[C@@H](c1ccccc1)c1cc2cc3ccccc3cc2o1. The number of rotatable bonds is 2. The van der Waals surface area contributed by atoms with Crippen LogP contribution in [-0.2, 0) is 0 Å². The third-order valence-electron chi connectivity index (χ3n) is 3.79. The number of aliphatic hydroxyl groups excluding tert-OH is 1. The van der Waals surface area contributed by atoms with Gasteiger partial charge in [-0.15, -0.1) is 0 Å². The zero-order valence-electron chi connectivity index (χ0n) is 11.4. The Kier molecular flexibility index (Phi) is 2.76. The molecule has 1 heterocycles. The minimum absolute atomic E-state index is 0.575. The largest absolute Gasteiger partial charge is 0.458 e. The highest BCUT2D eigenvalue weighted by atomic mass is 16.4. The summed E-state index contributed by atoms with van der Waals surface area (Å²) < 4.78 is 5.84. The molecule has 1 N–H and O–H groups in total. The van der Waals surface area contributed by atoms with Crippen molar-refractivity contribution in [2.24, 2.45) is 0 Å². The lowest BCUT2D eigenvalue weighted by Crippen LogP contribution is -1.96. The maximum absolute atomic E-state index is 10.4. The van der Waals surface area contributed by atoms with E-state index in [4.69, 9.17) is 4.42 Å². The van der Waals surface area contributed by atoms with Crippen LogP contribution >= 0.6 is 0 Å². The van der Waals surface area contributed by atoms with E-state index in [-0.39, 0.29) is 0 Å². The Hall–Kier alpha value is -2.58. The lowest BCUT2D eigenvalue weighted by atomic mass is 10.1. The summed E-state index contributed by atoms with van der Waals surface area (Å²) in [7, 11) is 0. The van der Waals surface area contributed by atoms with Gasteiger partial charge in [-0.05, 0) is 34.5 Å². The highest BCUT2D eigenvalue weighted by Crippen LogP contribution is 2.30. The van der Waals surface area contributed by atoms with Gasteiger partial charge in [-0.2, -0.15) is 0 Å². The molecule has 4 rings (SSSR count). The van der Waals surface area contributed by atoms with E-state index in [2.05, 4.69) is 18.2 Å². The van der Waals surface area contributed by atoms with Crippen molar-refractivity contribution in [3.8, 4) is 0 Å². The van der Waals surface area contributed by atoms with Crippen LogP contribution in [-0.4, -0.2) is 5.11 Å². The first-order valence-corrected chi connectivity index (χ1v) is 6.96. The van der Waals surface area contributed by atoms with Crippen LogP contribution in [0.4, 0.5) is 0 Å². The summed E-state index contributed by atoms with van der Waals surface area (Å²) in [6.45, 7) is 0. The third kappa shape index (κ3) is 2.10. The fourth-order valence-corrected chi connectivity index (χ4v) is 2.68. The molecule has 4 aromatic rings. The number of aliphatic hydroxyl groups is 1. The lowest BCUT2D eigenvalue weighted by molar-refractivity contribution is 0.192. The zero-order chi connectivity index (χ0) is 14.2. The first kappa shape index (κ1) is 12.2. The minimum atomic E-state index is -0.735. The van der Waals surface area contributed by atoms with Crippen molar-refractivity contribution in [1.29, 1.82) is 0 Å². The fraction of sp³-hybridized carbons (Fsp3) is 0.0526. The Balaban J connectivity index is 1.85. The predicted octanol–water partition coefficient (Wildman–Crippen LogP) is 4.67. The van der Waals surface area contributed by atoms with Crippen molar-refractivity contribution < 1.29 is 9.52 Å². The Bertz CT molecular complexity index is 854. The highest BCUT2D eigenvalue weighted by molar-refractivity contribution is 5.96. The molecule has 0 spiro atoms. The predicted molar refractivity (Wildman–Crippen MR) is 84.2 cm³/mol. The molecule has 0 aliphatic carbocycles. The van der Waals surface area contributed by atoms with Crippen molar-refractivity contribution in [2.75, 3.05) is 0 Å². The summed E-state index contributed by atoms with van der Waals surface area (Å²) >= 11 is 0. The van der Waals surface area contributed by atoms with Gasteiger partial charge in [-0.25, -0.2) is 0 Å². The van der Waals surface area contributed by atoms with Crippen LogP contribution in [0.15, 0.2) is 77.2 Å². The molecule has 2 heteroatoms. The molecule has 102 valence electrons. The molecule has 0 aliphatic heterocycles. The molecular weight excluding hydrogens is 260 g/mol. The van der Waals surface area contributed by atoms with Crippen LogP contribution in [0.25, 0.3) is 21.7 Å². The van der Waals surface area contributed by atoms with Gasteiger partial charge in [0.05, 0.1) is 0 Å². The normalized spacial score (nSPS) is 12.8. The van der Waals surface area contributed by atoms with E-state index in [1.165, 1.54) is 5.39 Å². The van der Waals surface area contributed by atoms with Crippen molar-refractivity contribution in [1.82, 2.24) is 0 Å². The van der Waals surface area contributed by atoms with Crippen LogP contribution in [0.2, 0.25) is 0 Å². The van der Waals surface area contributed by atoms with Gasteiger partial charge in [0.15, 0.2) is 0 Å². The maximum Gasteiger partial charge on any atom is 0.138 e. The van der Waals surface area contributed by atoms with Gasteiger partial charge in [0.25, 0.3) is 0 Å². The first-order chi connectivity index (χ1) is 10.3. The number of hydrogen-bond donors (Lipinski definition) is 1. The molecule has 0 bridgehead atoms. The van der Waals surface area contributed by atoms with E-state index in [1.54, 1.807) is 0 Å². The Morgan fingerprint density at radius 3 is 2.14 bits per heavy atom. The zero-order valence-corrected chi connectivity index (χ0v) is 11.4. The number of fused-ring (bicyclic) bond motifs is 2. The van der Waals surface area contributed by atoms with Crippen molar-refractivity contribution in [3.05, 3.63) is 84.1 Å². The monoisotopic (exact) mass is 274 g/mol. The Morgan fingerprint density at radius 2 is 1.38 bits per heavy atom. The molecule has 21 heavy (non-hydrogen) atoms. The maximum atomic E-state index is 10.4. The summed E-state index contributed by atoms with van der Waals surface area (Å²) in [5.74, 6) is 0.575. The van der Waals surface area contributed by atoms with Crippen LogP contribution in [0.3, 0.4) is 0 Å². The molecular formula is C19H14O2. The van der Waals surface area contributed by atoms with Crippen LogP contribution in [0.1, 0.15) is 17.4 Å². The van der Waals surface area contributed by atoms with Gasteiger partial charge in [-0.3, -0.25) is 0 Å². The molecule has 0 unspecified atom stereocenters. The van der Waals surface area contributed by atoms with Gasteiger partial charge < -0.3 is 9.52 Å². The van der Waals surface area contributed by atoms with E-state index < -0.39 is 6.10 Å². The number of hydrogen-bond acceptors (Lipinski definition) is 2. The van der Waals surface area contributed by atoms with Crippen LogP contribution < -0.4 is 0 Å². The second kappa shape index (κ2) is 4.76. The molecule has 2 nitrogen and oxygen atoms in total. The fourth-order valence-electron chi connectivity index (χ4n) is 2.68. The second-order valence-corrected chi connectivity index (χ2v) is 5.20. The Labute approximate surface area is 122 Å². The van der Waals surface area contributed by atoms with Crippen molar-refractivity contribution in [3.63, 3.8) is 0 Å². The van der Waals surface area contributed by atoms with Gasteiger partial charge in [-0.1, -0.05) is 54.6 Å². The summed E-state index contributed by atoms with van der Waals surface area (Å²) in [6.07, 6.45) is -0.735. The molecule has 0 fully saturated rings. The second-order valence-electron chi connectivity index (χ2n) is 5.20. The third-order valence-corrected chi connectivity index (χ3v) is 3.79. The minimum Gasteiger partial charge on any atom is -0.458 e. The average Bonchev–Trinajstić information content (AvgIpc) is 2.95. The van der Waals surface area contributed by atoms with Gasteiger partial charge in [0, 0.05) is 5.39 Å². The first-order valence-electron chi connectivity index (χ1n) is 6.96. The Morgan fingerprint density at radius 1 is 0.714 bits per heavy atom. The summed E-state index contributed by atoms with van der Waals surface area (Å²) in [5.41, 5.74) is 1.64. The number of benzene rings is 3. The van der Waals surface area contributed by atoms with Gasteiger partial charge in [0.2, 0.25) is 0 Å². The smallest absolute Gasteiger partial charge is 0.138 e. The average molecular weight is 274 g/mol. The molecule has 1 atom stereocenters. The molecule has 0 saturated heterocycles. The van der Waals surface area contributed by atoms with Gasteiger partial charge >= 0.3 is 0 Å². The van der Waals surface area contributed by atoms with Crippen molar-refractivity contribution in [2.45, 2.75) is 6.10 Å². The lowest BCUT2D eigenvalue weighted by Gasteiger charge is -2.06. The summed E-state index contributed by atoms with van der Waals surface area (Å²) in [4.78, 5) is 0. The van der Waals surface area contributed by atoms with Crippen LogP contribution in [0, 0.1) is 0 Å². The molecule has 0 aliphatic rings. The van der Waals surface area contributed by atoms with E-state index in [1.807, 2.05) is 54.6 Å². The summed E-state index contributed by atoms with van der Waals surface area (Å²) in [6, 6.07) is 23.8. The standard InChI is InChI=1S/C19H14O2/c20-19(13-6-2-1-3-7-13)18-12-16-10-14-8-4-5-9-15(14)11-17(16)21-18/h1-12,19-20H/t19-/m0/s1. The number of furan rings is 1. The molecule has 0 amide bonds. The van der Waals surface area contributed by atoms with Crippen LogP contribution in [0.5, 0.6) is 0 Å². The van der Waals surface area contributed by atoms with Crippen molar-refractivity contribution >= 4 is 21.7 Å². The van der Waals surface area contributed by atoms with E-state index in [0.29, 0.717) is 5.76 Å². The van der Waals surface area contributed by atoms with Gasteiger partial charge in [0.1, 0.15) is 17.4 Å². The highest BCUT2D eigenvalue weighted by Gasteiger charge is 2.15. The van der Waals surface area contributed by atoms with E-state index in [0.717, 1.165) is 21.9 Å². The molecule has 3 aromatic carbocycles. The van der Waals surface area contributed by atoms with E-state index >= 15 is 0 Å². The molecule has 0 saturated carbocycles.